The van der Waals surface area contributed by atoms with E-state index >= 15 is 0 Å². The zero-order chi connectivity index (χ0) is 12.0. The third-order valence-electron chi connectivity index (χ3n) is 1.93. The third-order valence-corrected chi connectivity index (χ3v) is 1.93. The highest BCUT2D eigenvalue weighted by Gasteiger charge is 2.01. The second kappa shape index (κ2) is 5.67. The number of hydrogen-bond acceptors (Lipinski definition) is 3. The average Bonchev–Trinajstić information content (AvgIpc) is 2.28. The van der Waals surface area contributed by atoms with Crippen molar-refractivity contribution in [3.8, 4) is 0 Å². The lowest BCUT2D eigenvalue weighted by Gasteiger charge is -1.99. The molecular weight excluding hydrogens is 206 g/mol. The van der Waals surface area contributed by atoms with Gasteiger partial charge in [-0.25, -0.2) is 5.84 Å². The third kappa shape index (κ3) is 3.55. The first-order valence-electron chi connectivity index (χ1n) is 4.69. The Labute approximate surface area is 93.1 Å². The van der Waals surface area contributed by atoms with Crippen molar-refractivity contribution in [1.29, 1.82) is 0 Å². The van der Waals surface area contributed by atoms with Crippen molar-refractivity contribution in [3.05, 3.63) is 41.5 Å². The molecule has 0 fully saturated rings. The van der Waals surface area contributed by atoms with Crippen LogP contribution in [0.25, 0.3) is 6.08 Å². The number of amides is 2. The molecular formula is C11H13N3O2. The predicted molar refractivity (Wildman–Crippen MR) is 60.9 cm³/mol. The van der Waals surface area contributed by atoms with E-state index in [0.717, 1.165) is 5.56 Å². The molecule has 2 amide bonds. The Bertz CT molecular complexity index is 410. The number of nitrogens with two attached hydrogens (primary N) is 2. The number of benzene rings is 1. The van der Waals surface area contributed by atoms with Crippen molar-refractivity contribution in [2.24, 2.45) is 11.6 Å². The quantitative estimate of drug-likeness (QED) is 0.382. The molecule has 1 aromatic rings. The van der Waals surface area contributed by atoms with Gasteiger partial charge in [-0.2, -0.15) is 0 Å². The van der Waals surface area contributed by atoms with Gasteiger partial charge in [-0.1, -0.05) is 24.3 Å². The number of nitrogens with one attached hydrogen (secondary N) is 1. The summed E-state index contributed by atoms with van der Waals surface area (Å²) in [5, 5.41) is 0. The smallest absolute Gasteiger partial charge is 0.265 e. The van der Waals surface area contributed by atoms with Gasteiger partial charge in [-0.05, 0) is 17.7 Å². The molecule has 0 heterocycles. The van der Waals surface area contributed by atoms with Gasteiger partial charge in [0.05, 0.1) is 0 Å². The van der Waals surface area contributed by atoms with Gasteiger partial charge in [0.15, 0.2) is 0 Å². The number of carbonyl (C=O) groups is 2. The summed E-state index contributed by atoms with van der Waals surface area (Å²) in [7, 11) is 0. The molecule has 0 spiro atoms. The molecule has 5 heteroatoms. The molecule has 5 nitrogen and oxygen atoms in total. The van der Waals surface area contributed by atoms with Crippen molar-refractivity contribution in [1.82, 2.24) is 5.43 Å². The Morgan fingerprint density at radius 1 is 1.25 bits per heavy atom. The Morgan fingerprint density at radius 2 is 1.88 bits per heavy atom. The summed E-state index contributed by atoms with van der Waals surface area (Å²) < 4.78 is 0. The number of rotatable bonds is 4. The maximum Gasteiger partial charge on any atom is 0.265 e. The first-order chi connectivity index (χ1) is 7.63. The Morgan fingerprint density at radius 3 is 2.38 bits per heavy atom. The number of hydrazine groups is 1. The zero-order valence-corrected chi connectivity index (χ0v) is 8.64. The normalized spacial score (nSPS) is 10.3. The molecule has 84 valence electrons. The summed E-state index contributed by atoms with van der Waals surface area (Å²) in [5.41, 5.74) is 8.39. The van der Waals surface area contributed by atoms with Gasteiger partial charge < -0.3 is 5.73 Å². The van der Waals surface area contributed by atoms with E-state index in [-0.39, 0.29) is 18.2 Å². The molecule has 5 N–H and O–H groups in total. The van der Waals surface area contributed by atoms with Crippen LogP contribution in [0.2, 0.25) is 0 Å². The van der Waals surface area contributed by atoms with Gasteiger partial charge in [0.25, 0.3) is 5.91 Å². The van der Waals surface area contributed by atoms with Gasteiger partial charge in [0, 0.05) is 12.0 Å². The SMILES string of the molecule is NNC(=O)c1ccc(C=CCC(N)=O)cc1. The molecule has 0 aliphatic carbocycles. The van der Waals surface area contributed by atoms with Gasteiger partial charge in [0.2, 0.25) is 5.91 Å². The molecule has 0 unspecified atom stereocenters. The minimum absolute atomic E-state index is 0.199. The van der Waals surface area contributed by atoms with Crippen molar-refractivity contribution < 1.29 is 9.59 Å². The lowest BCUT2D eigenvalue weighted by atomic mass is 10.1. The van der Waals surface area contributed by atoms with Crippen LogP contribution >= 0.6 is 0 Å². The van der Waals surface area contributed by atoms with E-state index in [4.69, 9.17) is 11.6 Å². The highest BCUT2D eigenvalue weighted by Crippen LogP contribution is 2.06. The molecule has 0 aromatic heterocycles. The minimum atomic E-state index is -0.379. The number of hydrogen-bond donors (Lipinski definition) is 3. The van der Waals surface area contributed by atoms with Crippen molar-refractivity contribution in [3.63, 3.8) is 0 Å². The summed E-state index contributed by atoms with van der Waals surface area (Å²) in [6.07, 6.45) is 3.63. The van der Waals surface area contributed by atoms with E-state index in [1.807, 2.05) is 5.43 Å². The molecule has 0 radical (unpaired) electrons. The summed E-state index contributed by atoms with van der Waals surface area (Å²) in [6, 6.07) is 6.79. The van der Waals surface area contributed by atoms with Gasteiger partial charge in [-0.15, -0.1) is 0 Å². The second-order valence-electron chi connectivity index (χ2n) is 3.17. The standard InChI is InChI=1S/C11H13N3O2/c12-10(15)3-1-2-8-4-6-9(7-5-8)11(16)14-13/h1-2,4-7H,3,13H2,(H2,12,15)(H,14,16). The van der Waals surface area contributed by atoms with E-state index in [0.29, 0.717) is 5.56 Å². The number of primary amides is 1. The van der Waals surface area contributed by atoms with Gasteiger partial charge in [-0.3, -0.25) is 15.0 Å². The molecule has 1 aromatic carbocycles. The molecule has 16 heavy (non-hydrogen) atoms. The maximum absolute atomic E-state index is 11.1. The van der Waals surface area contributed by atoms with Crippen LogP contribution in [-0.2, 0) is 4.79 Å². The summed E-state index contributed by atoms with van der Waals surface area (Å²) in [6.45, 7) is 0. The van der Waals surface area contributed by atoms with Gasteiger partial charge in [0.1, 0.15) is 0 Å². The summed E-state index contributed by atoms with van der Waals surface area (Å²) in [5.74, 6) is 4.27. The minimum Gasteiger partial charge on any atom is -0.369 e. The van der Waals surface area contributed by atoms with E-state index in [1.54, 1.807) is 36.4 Å². The highest BCUT2D eigenvalue weighted by atomic mass is 16.2. The zero-order valence-electron chi connectivity index (χ0n) is 8.64. The highest BCUT2D eigenvalue weighted by molar-refractivity contribution is 5.93. The largest absolute Gasteiger partial charge is 0.369 e. The van der Waals surface area contributed by atoms with E-state index in [2.05, 4.69) is 0 Å². The number of carbonyl (C=O) groups excluding carboxylic acids is 2. The molecule has 0 aliphatic heterocycles. The first kappa shape index (κ1) is 11.9. The van der Waals surface area contributed by atoms with Crippen LogP contribution in [0.1, 0.15) is 22.3 Å². The van der Waals surface area contributed by atoms with Gasteiger partial charge >= 0.3 is 0 Å². The van der Waals surface area contributed by atoms with Crippen LogP contribution in [0.4, 0.5) is 0 Å². The van der Waals surface area contributed by atoms with E-state index in [1.165, 1.54) is 0 Å². The fraction of sp³-hybridized carbons (Fsp3) is 0.0909. The summed E-state index contributed by atoms with van der Waals surface area (Å²) in [4.78, 5) is 21.6. The maximum atomic E-state index is 11.1. The molecule has 0 saturated carbocycles. The molecule has 0 aliphatic rings. The van der Waals surface area contributed by atoms with E-state index < -0.39 is 0 Å². The Kier molecular flexibility index (Phi) is 4.23. The fourth-order valence-electron chi connectivity index (χ4n) is 1.14. The fourth-order valence-corrected chi connectivity index (χ4v) is 1.14. The molecule has 0 bridgehead atoms. The topological polar surface area (TPSA) is 98.2 Å². The number of nitrogen functional groups attached to an aromatic ring is 1. The van der Waals surface area contributed by atoms with E-state index in [9.17, 15) is 9.59 Å². The van der Waals surface area contributed by atoms with Crippen LogP contribution in [0.3, 0.4) is 0 Å². The Balaban J connectivity index is 2.68. The Hall–Kier alpha value is -2.14. The monoisotopic (exact) mass is 219 g/mol. The predicted octanol–water partition coefficient (Wildman–Crippen LogP) is 0.179. The van der Waals surface area contributed by atoms with Crippen molar-refractivity contribution in [2.75, 3.05) is 0 Å². The second-order valence-corrected chi connectivity index (χ2v) is 3.17. The van der Waals surface area contributed by atoms with Crippen molar-refractivity contribution in [2.45, 2.75) is 6.42 Å². The van der Waals surface area contributed by atoms with Crippen LogP contribution in [-0.4, -0.2) is 11.8 Å². The lowest BCUT2D eigenvalue weighted by Crippen LogP contribution is -2.29. The molecule has 1 rings (SSSR count). The van der Waals surface area contributed by atoms with Crippen LogP contribution in [0.5, 0.6) is 0 Å². The van der Waals surface area contributed by atoms with Crippen molar-refractivity contribution >= 4 is 17.9 Å². The lowest BCUT2D eigenvalue weighted by molar-refractivity contribution is -0.117. The average molecular weight is 219 g/mol. The van der Waals surface area contributed by atoms with Crippen LogP contribution < -0.4 is 17.0 Å². The molecule has 0 atom stereocenters. The van der Waals surface area contributed by atoms with Crippen LogP contribution in [0, 0.1) is 0 Å². The van der Waals surface area contributed by atoms with Crippen LogP contribution in [0.15, 0.2) is 30.3 Å². The summed E-state index contributed by atoms with van der Waals surface area (Å²) >= 11 is 0. The molecule has 0 saturated heterocycles. The first-order valence-corrected chi connectivity index (χ1v) is 4.69.